The van der Waals surface area contributed by atoms with Crippen molar-refractivity contribution in [3.05, 3.63) is 0 Å². The molecule has 2 saturated carbocycles. The highest BCUT2D eigenvalue weighted by Gasteiger charge is 2.27. The van der Waals surface area contributed by atoms with Crippen molar-refractivity contribution in [2.45, 2.75) is 70.3 Å². The molecule has 1 N–H and O–H groups in total. The summed E-state index contributed by atoms with van der Waals surface area (Å²) in [6, 6.07) is 0. The van der Waals surface area contributed by atoms with Crippen LogP contribution in [-0.2, 0) is 0 Å². The smallest absolute Gasteiger partial charge is 0.0153 e. The molecule has 0 spiro atoms. The Kier molecular flexibility index (Phi) is 3.48. The average Bonchev–Trinajstić information content (AvgIpc) is 2.28. The highest BCUT2D eigenvalue weighted by molar-refractivity contribution is 4.86. The first-order valence-electron chi connectivity index (χ1n) is 6.54. The van der Waals surface area contributed by atoms with Crippen molar-refractivity contribution in [1.82, 2.24) is 5.32 Å². The van der Waals surface area contributed by atoms with Gasteiger partial charge in [0, 0.05) is 5.54 Å². The van der Waals surface area contributed by atoms with E-state index in [2.05, 4.69) is 12.2 Å². The van der Waals surface area contributed by atoms with Crippen molar-refractivity contribution in [2.75, 3.05) is 6.54 Å². The summed E-state index contributed by atoms with van der Waals surface area (Å²) in [6.07, 6.45) is 13.0. The van der Waals surface area contributed by atoms with Gasteiger partial charge in [0.1, 0.15) is 0 Å². The van der Waals surface area contributed by atoms with Crippen LogP contribution in [0.15, 0.2) is 0 Å². The monoisotopic (exact) mass is 195 g/mol. The van der Waals surface area contributed by atoms with Crippen LogP contribution in [0.2, 0.25) is 0 Å². The molecule has 0 aliphatic heterocycles. The van der Waals surface area contributed by atoms with Gasteiger partial charge in [0.05, 0.1) is 0 Å². The quantitative estimate of drug-likeness (QED) is 0.680. The van der Waals surface area contributed by atoms with Crippen LogP contribution in [0.25, 0.3) is 0 Å². The van der Waals surface area contributed by atoms with Crippen LogP contribution in [0.3, 0.4) is 0 Å². The molecule has 0 atom stereocenters. The van der Waals surface area contributed by atoms with Crippen molar-refractivity contribution in [3.8, 4) is 0 Å². The summed E-state index contributed by atoms with van der Waals surface area (Å²) < 4.78 is 0. The van der Waals surface area contributed by atoms with E-state index in [4.69, 9.17) is 0 Å². The third-order valence-corrected chi connectivity index (χ3v) is 4.25. The van der Waals surface area contributed by atoms with Gasteiger partial charge in [-0.25, -0.2) is 0 Å². The van der Waals surface area contributed by atoms with Crippen molar-refractivity contribution in [1.29, 1.82) is 0 Å². The molecule has 0 radical (unpaired) electrons. The van der Waals surface area contributed by atoms with E-state index in [-0.39, 0.29) is 0 Å². The molecule has 1 heteroatoms. The lowest BCUT2D eigenvalue weighted by molar-refractivity contribution is 0.238. The van der Waals surface area contributed by atoms with Gasteiger partial charge in [0.25, 0.3) is 0 Å². The Labute approximate surface area is 88.7 Å². The maximum atomic E-state index is 3.84. The summed E-state index contributed by atoms with van der Waals surface area (Å²) in [4.78, 5) is 0. The van der Waals surface area contributed by atoms with Gasteiger partial charge in [-0.2, -0.15) is 0 Å². The topological polar surface area (TPSA) is 12.0 Å². The van der Waals surface area contributed by atoms with Gasteiger partial charge in [-0.15, -0.1) is 0 Å². The molecule has 0 amide bonds. The van der Waals surface area contributed by atoms with E-state index in [1.54, 1.807) is 0 Å². The molecule has 82 valence electrons. The number of hydrogen-bond donors (Lipinski definition) is 1. The highest BCUT2D eigenvalue weighted by atomic mass is 15.0. The Bertz CT molecular complexity index is 164. The first-order chi connectivity index (χ1) is 6.79. The standard InChI is InChI=1S/C13H25N/c1-13(9-4-2-3-5-10-13)14-11-12-7-6-8-12/h12,14H,2-11H2,1H3. The van der Waals surface area contributed by atoms with Crippen LogP contribution in [0, 0.1) is 5.92 Å². The van der Waals surface area contributed by atoms with E-state index in [1.165, 1.54) is 64.3 Å². The van der Waals surface area contributed by atoms with Gasteiger partial charge in [0.15, 0.2) is 0 Å². The summed E-state index contributed by atoms with van der Waals surface area (Å²) in [5, 5.41) is 3.84. The zero-order valence-electron chi connectivity index (χ0n) is 9.65. The predicted molar refractivity (Wildman–Crippen MR) is 61.5 cm³/mol. The van der Waals surface area contributed by atoms with Crippen molar-refractivity contribution >= 4 is 0 Å². The predicted octanol–water partition coefficient (Wildman–Crippen LogP) is 3.49. The van der Waals surface area contributed by atoms with Crippen LogP contribution in [0.4, 0.5) is 0 Å². The minimum Gasteiger partial charge on any atom is -0.311 e. The van der Waals surface area contributed by atoms with E-state index in [9.17, 15) is 0 Å². The molecular weight excluding hydrogens is 170 g/mol. The van der Waals surface area contributed by atoms with Crippen molar-refractivity contribution in [2.24, 2.45) is 5.92 Å². The van der Waals surface area contributed by atoms with Gasteiger partial charge in [-0.1, -0.05) is 32.1 Å². The van der Waals surface area contributed by atoms with Crippen molar-refractivity contribution < 1.29 is 0 Å². The molecule has 0 heterocycles. The van der Waals surface area contributed by atoms with Crippen LogP contribution in [0.5, 0.6) is 0 Å². The summed E-state index contributed by atoms with van der Waals surface area (Å²) in [5.41, 5.74) is 0.478. The Balaban J connectivity index is 1.74. The fourth-order valence-electron chi connectivity index (χ4n) is 2.77. The van der Waals surface area contributed by atoms with E-state index < -0.39 is 0 Å². The average molecular weight is 195 g/mol. The van der Waals surface area contributed by atoms with Gasteiger partial charge >= 0.3 is 0 Å². The molecule has 2 aliphatic carbocycles. The van der Waals surface area contributed by atoms with Crippen LogP contribution >= 0.6 is 0 Å². The lowest BCUT2D eigenvalue weighted by atomic mass is 9.84. The first kappa shape index (κ1) is 10.5. The third kappa shape index (κ3) is 2.73. The van der Waals surface area contributed by atoms with E-state index >= 15 is 0 Å². The van der Waals surface area contributed by atoms with Crippen LogP contribution in [-0.4, -0.2) is 12.1 Å². The van der Waals surface area contributed by atoms with Crippen LogP contribution < -0.4 is 5.32 Å². The van der Waals surface area contributed by atoms with Gasteiger partial charge < -0.3 is 5.32 Å². The zero-order chi connectivity index (χ0) is 9.86. The maximum absolute atomic E-state index is 3.84. The second-order valence-electron chi connectivity index (χ2n) is 5.65. The molecule has 0 aromatic heterocycles. The Morgan fingerprint density at radius 3 is 2.14 bits per heavy atom. The molecule has 2 aliphatic rings. The lowest BCUT2D eigenvalue weighted by Crippen LogP contribution is -2.45. The highest BCUT2D eigenvalue weighted by Crippen LogP contribution is 2.29. The molecule has 0 bridgehead atoms. The molecule has 0 saturated heterocycles. The maximum Gasteiger partial charge on any atom is 0.0153 e. The molecule has 0 aromatic rings. The second-order valence-corrected chi connectivity index (χ2v) is 5.65. The summed E-state index contributed by atoms with van der Waals surface area (Å²) in [6.45, 7) is 3.73. The van der Waals surface area contributed by atoms with E-state index in [0.29, 0.717) is 5.54 Å². The van der Waals surface area contributed by atoms with Gasteiger partial charge in [-0.3, -0.25) is 0 Å². The molecule has 1 nitrogen and oxygen atoms in total. The Morgan fingerprint density at radius 2 is 1.64 bits per heavy atom. The fourth-order valence-corrected chi connectivity index (χ4v) is 2.77. The second kappa shape index (κ2) is 4.65. The number of nitrogens with one attached hydrogen (secondary N) is 1. The SMILES string of the molecule is CC1(NCC2CCC2)CCCCCC1. The van der Waals surface area contributed by atoms with Crippen LogP contribution in [0.1, 0.15) is 64.7 Å². The summed E-state index contributed by atoms with van der Waals surface area (Å²) in [5.74, 6) is 1.01. The minimum absolute atomic E-state index is 0.478. The summed E-state index contributed by atoms with van der Waals surface area (Å²) >= 11 is 0. The Morgan fingerprint density at radius 1 is 1.00 bits per heavy atom. The zero-order valence-corrected chi connectivity index (χ0v) is 9.65. The summed E-state index contributed by atoms with van der Waals surface area (Å²) in [7, 11) is 0. The molecule has 0 unspecified atom stereocenters. The minimum atomic E-state index is 0.478. The number of hydrogen-bond acceptors (Lipinski definition) is 1. The van der Waals surface area contributed by atoms with E-state index in [1.807, 2.05) is 0 Å². The first-order valence-corrected chi connectivity index (χ1v) is 6.54. The fraction of sp³-hybridized carbons (Fsp3) is 1.00. The normalized spacial score (nSPS) is 28.1. The largest absolute Gasteiger partial charge is 0.311 e. The van der Waals surface area contributed by atoms with Gasteiger partial charge in [0.2, 0.25) is 0 Å². The molecular formula is C13H25N. The Hall–Kier alpha value is -0.0400. The third-order valence-electron chi connectivity index (χ3n) is 4.25. The van der Waals surface area contributed by atoms with E-state index in [0.717, 1.165) is 5.92 Å². The number of rotatable bonds is 3. The van der Waals surface area contributed by atoms with Crippen molar-refractivity contribution in [3.63, 3.8) is 0 Å². The lowest BCUT2D eigenvalue weighted by Gasteiger charge is -2.34. The molecule has 14 heavy (non-hydrogen) atoms. The molecule has 2 rings (SSSR count). The molecule has 0 aromatic carbocycles. The van der Waals surface area contributed by atoms with Gasteiger partial charge in [-0.05, 0) is 45.1 Å². The molecule has 2 fully saturated rings.